The number of rotatable bonds is 2. The molecule has 0 bridgehead atoms. The molecule has 1 aromatic carbocycles. The number of carbonyl (C=O) groups excluding carboxylic acids is 2. The number of nitrogens with two attached hydrogens (primary N) is 1. The van der Waals surface area contributed by atoms with E-state index in [9.17, 15) is 22.8 Å². The molecule has 0 aliphatic carbocycles. The third-order valence-electron chi connectivity index (χ3n) is 4.54. The number of carbonyl (C=O) groups is 2. The van der Waals surface area contributed by atoms with Crippen LogP contribution in [0.5, 0.6) is 0 Å². The Morgan fingerprint density at radius 2 is 1.42 bits per heavy atom. The third-order valence-corrected chi connectivity index (χ3v) is 4.54. The predicted octanol–water partition coefficient (Wildman–Crippen LogP) is 2.36. The van der Waals surface area contributed by atoms with Gasteiger partial charge in [-0.15, -0.1) is 0 Å². The molecule has 0 aromatic heterocycles. The molecule has 0 spiro atoms. The monoisotopic (exact) mass is 371 g/mol. The number of hydrogen-bond donors (Lipinski definition) is 1. The molecule has 2 rings (SSSR count). The van der Waals surface area contributed by atoms with Crippen LogP contribution in [0, 0.1) is 5.41 Å². The maximum absolute atomic E-state index is 12.6. The van der Waals surface area contributed by atoms with E-state index in [2.05, 4.69) is 0 Å². The van der Waals surface area contributed by atoms with E-state index in [0.29, 0.717) is 26.2 Å². The van der Waals surface area contributed by atoms with Crippen LogP contribution < -0.4 is 5.73 Å². The van der Waals surface area contributed by atoms with Gasteiger partial charge in [0.15, 0.2) is 0 Å². The predicted molar refractivity (Wildman–Crippen MR) is 91.4 cm³/mol. The first-order valence-corrected chi connectivity index (χ1v) is 8.42. The van der Waals surface area contributed by atoms with Gasteiger partial charge in [-0.25, -0.2) is 0 Å². The van der Waals surface area contributed by atoms with Crippen molar-refractivity contribution in [2.45, 2.75) is 33.0 Å². The molecule has 26 heavy (non-hydrogen) atoms. The highest BCUT2D eigenvalue weighted by molar-refractivity contribution is 5.94. The lowest BCUT2D eigenvalue weighted by atomic mass is 9.86. The number of halogens is 3. The molecule has 8 heteroatoms. The summed E-state index contributed by atoms with van der Waals surface area (Å²) < 4.78 is 37.8. The molecule has 1 aliphatic heterocycles. The summed E-state index contributed by atoms with van der Waals surface area (Å²) in [5, 5.41) is 0. The summed E-state index contributed by atoms with van der Waals surface area (Å²) in [5.74, 6) is -0.495. The van der Waals surface area contributed by atoms with Crippen LogP contribution in [0.15, 0.2) is 24.3 Å². The van der Waals surface area contributed by atoms with E-state index in [1.807, 2.05) is 20.8 Å². The molecule has 2 amide bonds. The van der Waals surface area contributed by atoms with Crippen LogP contribution in [-0.4, -0.2) is 53.8 Å². The molecule has 0 radical (unpaired) electrons. The first kappa shape index (κ1) is 20.2. The zero-order chi connectivity index (χ0) is 19.7. The topological polar surface area (TPSA) is 66.6 Å². The van der Waals surface area contributed by atoms with Crippen LogP contribution in [-0.2, 0) is 11.0 Å². The van der Waals surface area contributed by atoms with E-state index in [1.165, 1.54) is 17.0 Å². The maximum atomic E-state index is 12.6. The summed E-state index contributed by atoms with van der Waals surface area (Å²) in [6.07, 6.45) is -4.43. The summed E-state index contributed by atoms with van der Waals surface area (Å²) in [4.78, 5) is 28.0. The first-order valence-electron chi connectivity index (χ1n) is 8.42. The van der Waals surface area contributed by atoms with E-state index in [1.54, 1.807) is 4.90 Å². The van der Waals surface area contributed by atoms with Crippen LogP contribution >= 0.6 is 0 Å². The average molecular weight is 371 g/mol. The zero-order valence-electron chi connectivity index (χ0n) is 15.1. The molecule has 1 saturated heterocycles. The number of hydrogen-bond acceptors (Lipinski definition) is 3. The van der Waals surface area contributed by atoms with Gasteiger partial charge in [-0.1, -0.05) is 20.8 Å². The quantitative estimate of drug-likeness (QED) is 0.868. The fourth-order valence-electron chi connectivity index (χ4n) is 2.68. The molecule has 2 N–H and O–H groups in total. The number of piperazine rings is 1. The number of nitrogens with zero attached hydrogens (tertiary/aromatic N) is 2. The Bertz CT molecular complexity index is 658. The summed E-state index contributed by atoms with van der Waals surface area (Å²) in [7, 11) is 0. The summed E-state index contributed by atoms with van der Waals surface area (Å²) in [5.41, 5.74) is 5.05. The summed E-state index contributed by atoms with van der Waals surface area (Å²) in [6, 6.07) is 3.53. The Hall–Kier alpha value is -2.09. The van der Waals surface area contributed by atoms with Crippen molar-refractivity contribution in [3.05, 3.63) is 35.4 Å². The van der Waals surface area contributed by atoms with Crippen LogP contribution in [0.4, 0.5) is 13.2 Å². The second kappa shape index (κ2) is 7.26. The molecule has 0 unspecified atom stereocenters. The standard InChI is InChI=1S/C18H24F3N3O2/c1-17(2,3)14(22)16(26)24-10-8-23(9-11-24)15(25)12-4-6-13(7-5-12)18(19,20)21/h4-7,14H,8-11,22H2,1-3H3/t14-/m1/s1. The Morgan fingerprint density at radius 1 is 0.962 bits per heavy atom. The largest absolute Gasteiger partial charge is 0.416 e. The summed E-state index contributed by atoms with van der Waals surface area (Å²) >= 11 is 0. The van der Waals surface area contributed by atoms with Crippen LogP contribution in [0.2, 0.25) is 0 Å². The van der Waals surface area contributed by atoms with Crippen molar-refractivity contribution >= 4 is 11.8 Å². The van der Waals surface area contributed by atoms with Gasteiger partial charge < -0.3 is 15.5 Å². The lowest BCUT2D eigenvalue weighted by Crippen LogP contribution is -2.56. The molecular weight excluding hydrogens is 347 g/mol. The second-order valence-corrected chi connectivity index (χ2v) is 7.54. The molecule has 144 valence electrons. The highest BCUT2D eigenvalue weighted by atomic mass is 19.4. The molecule has 5 nitrogen and oxygen atoms in total. The van der Waals surface area contributed by atoms with Crippen molar-refractivity contribution < 1.29 is 22.8 Å². The van der Waals surface area contributed by atoms with E-state index >= 15 is 0 Å². The molecule has 1 fully saturated rings. The SMILES string of the molecule is CC(C)(C)[C@H](N)C(=O)N1CCN(C(=O)c2ccc(C(F)(F)F)cc2)CC1. The van der Waals surface area contributed by atoms with Crippen LogP contribution in [0.3, 0.4) is 0 Å². The van der Waals surface area contributed by atoms with Gasteiger partial charge in [0, 0.05) is 31.7 Å². The van der Waals surface area contributed by atoms with Crippen molar-refractivity contribution in [1.82, 2.24) is 9.80 Å². The summed E-state index contributed by atoms with van der Waals surface area (Å²) in [6.45, 7) is 7.02. The zero-order valence-corrected chi connectivity index (χ0v) is 15.1. The van der Waals surface area contributed by atoms with Gasteiger partial charge in [-0.3, -0.25) is 9.59 Å². The minimum absolute atomic E-state index is 0.154. The van der Waals surface area contributed by atoms with E-state index < -0.39 is 17.8 Å². The molecular formula is C18H24F3N3O2. The Kier molecular flexibility index (Phi) is 5.65. The molecule has 1 aromatic rings. The van der Waals surface area contributed by atoms with Crippen molar-refractivity contribution in [3.8, 4) is 0 Å². The number of benzene rings is 1. The fourth-order valence-corrected chi connectivity index (χ4v) is 2.68. The maximum Gasteiger partial charge on any atom is 0.416 e. The van der Waals surface area contributed by atoms with Crippen molar-refractivity contribution in [1.29, 1.82) is 0 Å². The van der Waals surface area contributed by atoms with Gasteiger partial charge >= 0.3 is 6.18 Å². The highest BCUT2D eigenvalue weighted by Crippen LogP contribution is 2.29. The van der Waals surface area contributed by atoms with Gasteiger partial charge in [0.25, 0.3) is 5.91 Å². The Morgan fingerprint density at radius 3 is 1.85 bits per heavy atom. The molecule has 1 heterocycles. The number of alkyl halides is 3. The van der Waals surface area contributed by atoms with E-state index in [4.69, 9.17) is 5.73 Å². The Balaban J connectivity index is 1.97. The van der Waals surface area contributed by atoms with E-state index in [0.717, 1.165) is 12.1 Å². The average Bonchev–Trinajstić information content (AvgIpc) is 2.58. The fraction of sp³-hybridized carbons (Fsp3) is 0.556. The van der Waals surface area contributed by atoms with Crippen LogP contribution in [0.25, 0.3) is 0 Å². The highest BCUT2D eigenvalue weighted by Gasteiger charge is 2.34. The van der Waals surface area contributed by atoms with Crippen molar-refractivity contribution in [2.24, 2.45) is 11.1 Å². The van der Waals surface area contributed by atoms with Gasteiger partial charge in [-0.2, -0.15) is 13.2 Å². The lowest BCUT2D eigenvalue weighted by molar-refractivity contribution is -0.137. The minimum Gasteiger partial charge on any atom is -0.338 e. The van der Waals surface area contributed by atoms with Gasteiger partial charge in [0.05, 0.1) is 11.6 Å². The van der Waals surface area contributed by atoms with Gasteiger partial charge in [0.1, 0.15) is 0 Å². The second-order valence-electron chi connectivity index (χ2n) is 7.54. The van der Waals surface area contributed by atoms with Crippen molar-refractivity contribution in [3.63, 3.8) is 0 Å². The van der Waals surface area contributed by atoms with E-state index in [-0.39, 0.29) is 22.8 Å². The smallest absolute Gasteiger partial charge is 0.338 e. The van der Waals surface area contributed by atoms with Crippen molar-refractivity contribution in [2.75, 3.05) is 26.2 Å². The molecule has 1 aliphatic rings. The first-order chi connectivity index (χ1) is 11.9. The minimum atomic E-state index is -4.43. The molecule has 0 saturated carbocycles. The third kappa shape index (κ3) is 4.55. The lowest BCUT2D eigenvalue weighted by Gasteiger charge is -2.38. The number of amides is 2. The van der Waals surface area contributed by atoms with Gasteiger partial charge in [0.2, 0.25) is 5.91 Å². The van der Waals surface area contributed by atoms with Crippen LogP contribution in [0.1, 0.15) is 36.7 Å². The van der Waals surface area contributed by atoms with Gasteiger partial charge in [-0.05, 0) is 29.7 Å². The Labute approximate surface area is 150 Å². The normalized spacial score (nSPS) is 17.2. The molecule has 1 atom stereocenters.